The number of carbonyl (C=O) groups is 1. The fourth-order valence-corrected chi connectivity index (χ4v) is 4.44. The van der Waals surface area contributed by atoms with E-state index in [2.05, 4.69) is 35.1 Å². The van der Waals surface area contributed by atoms with Gasteiger partial charge in [-0.3, -0.25) is 9.69 Å². The van der Waals surface area contributed by atoms with Crippen LogP contribution >= 0.6 is 0 Å². The predicted octanol–water partition coefficient (Wildman–Crippen LogP) is 5.08. The number of aromatic nitrogens is 1. The van der Waals surface area contributed by atoms with Crippen molar-refractivity contribution in [1.82, 2.24) is 9.88 Å². The van der Waals surface area contributed by atoms with Crippen LogP contribution in [0.2, 0.25) is 0 Å². The van der Waals surface area contributed by atoms with Gasteiger partial charge in [0.15, 0.2) is 5.69 Å². The molecular formula is C26H29N3O3. The van der Waals surface area contributed by atoms with Gasteiger partial charge in [-0.05, 0) is 50.5 Å². The van der Waals surface area contributed by atoms with Crippen LogP contribution < -0.4 is 5.32 Å². The first kappa shape index (κ1) is 20.9. The molecule has 2 fully saturated rings. The molecule has 0 spiro atoms. The van der Waals surface area contributed by atoms with Crippen LogP contribution in [-0.2, 0) is 11.3 Å². The topological polar surface area (TPSA) is 67.6 Å². The van der Waals surface area contributed by atoms with Gasteiger partial charge >= 0.3 is 0 Å². The van der Waals surface area contributed by atoms with E-state index in [1.165, 1.54) is 0 Å². The van der Waals surface area contributed by atoms with E-state index < -0.39 is 0 Å². The molecule has 0 bridgehead atoms. The fourth-order valence-electron chi connectivity index (χ4n) is 4.44. The number of rotatable bonds is 6. The monoisotopic (exact) mass is 431 g/mol. The minimum atomic E-state index is -0.214. The largest absolute Gasteiger partial charge is 0.440 e. The number of hydrogen-bond acceptors (Lipinski definition) is 5. The van der Waals surface area contributed by atoms with Gasteiger partial charge in [0.25, 0.3) is 5.91 Å². The first-order chi connectivity index (χ1) is 15.6. The Labute approximate surface area is 188 Å². The first-order valence-electron chi connectivity index (χ1n) is 11.4. The molecule has 1 aliphatic carbocycles. The van der Waals surface area contributed by atoms with Crippen molar-refractivity contribution in [2.24, 2.45) is 0 Å². The highest BCUT2D eigenvalue weighted by Crippen LogP contribution is 2.43. The van der Waals surface area contributed by atoms with Gasteiger partial charge in [-0.15, -0.1) is 0 Å². The Morgan fingerprint density at radius 2 is 1.72 bits per heavy atom. The number of para-hydroxylation sites is 1. The first-order valence-corrected chi connectivity index (χ1v) is 11.4. The molecule has 1 N–H and O–H groups in total. The quantitative estimate of drug-likeness (QED) is 0.589. The number of amides is 1. The Kier molecular flexibility index (Phi) is 5.81. The second-order valence-electron chi connectivity index (χ2n) is 8.93. The Morgan fingerprint density at radius 3 is 2.44 bits per heavy atom. The van der Waals surface area contributed by atoms with Gasteiger partial charge in [-0.2, -0.15) is 0 Å². The minimum absolute atomic E-state index is 0.202. The van der Waals surface area contributed by atoms with Crippen molar-refractivity contribution < 1.29 is 13.9 Å². The van der Waals surface area contributed by atoms with Crippen molar-refractivity contribution in [2.75, 3.05) is 18.4 Å². The molecule has 2 heterocycles. The molecule has 2 aromatic carbocycles. The molecule has 1 saturated carbocycles. The van der Waals surface area contributed by atoms with E-state index in [-0.39, 0.29) is 24.0 Å². The van der Waals surface area contributed by atoms with Gasteiger partial charge in [0.1, 0.15) is 5.76 Å². The summed E-state index contributed by atoms with van der Waals surface area (Å²) in [7, 11) is 0. The third-order valence-electron chi connectivity index (χ3n) is 5.99. The lowest BCUT2D eigenvalue weighted by Gasteiger charge is -2.35. The van der Waals surface area contributed by atoms with Crippen LogP contribution in [0.5, 0.6) is 0 Å². The van der Waals surface area contributed by atoms with Crippen LogP contribution in [-0.4, -0.2) is 41.1 Å². The Hall–Kier alpha value is -2.96. The van der Waals surface area contributed by atoms with Gasteiger partial charge < -0.3 is 14.5 Å². The minimum Gasteiger partial charge on any atom is -0.440 e. The molecule has 6 heteroatoms. The zero-order valence-electron chi connectivity index (χ0n) is 18.6. The molecule has 1 amide bonds. The maximum atomic E-state index is 13.3. The van der Waals surface area contributed by atoms with E-state index in [0.29, 0.717) is 17.3 Å². The average Bonchev–Trinajstić information content (AvgIpc) is 3.53. The summed E-state index contributed by atoms with van der Waals surface area (Å²) < 4.78 is 11.9. The zero-order valence-corrected chi connectivity index (χ0v) is 18.6. The van der Waals surface area contributed by atoms with E-state index in [1.807, 2.05) is 48.5 Å². The van der Waals surface area contributed by atoms with E-state index in [4.69, 9.17) is 9.15 Å². The SMILES string of the molecule is CC1CN(Cc2ccccc2NC(=O)c2nc(-c3ccccc3)oc2C2CC2)CC(C)O1. The number of oxazole rings is 1. The lowest BCUT2D eigenvalue weighted by Crippen LogP contribution is -2.44. The molecule has 6 nitrogen and oxygen atoms in total. The molecule has 166 valence electrons. The number of hydrogen-bond donors (Lipinski definition) is 1. The van der Waals surface area contributed by atoms with Crippen LogP contribution in [0.25, 0.3) is 11.5 Å². The summed E-state index contributed by atoms with van der Waals surface area (Å²) in [6.07, 6.45) is 2.47. The molecule has 1 aromatic heterocycles. The van der Waals surface area contributed by atoms with Crippen LogP contribution in [0.15, 0.2) is 59.0 Å². The predicted molar refractivity (Wildman–Crippen MR) is 124 cm³/mol. The summed E-state index contributed by atoms with van der Waals surface area (Å²) in [5, 5.41) is 3.11. The van der Waals surface area contributed by atoms with E-state index >= 15 is 0 Å². The Morgan fingerprint density at radius 1 is 1.03 bits per heavy atom. The molecule has 0 radical (unpaired) electrons. The van der Waals surface area contributed by atoms with Gasteiger partial charge in [0.05, 0.1) is 12.2 Å². The molecule has 2 aliphatic rings. The number of ether oxygens (including phenoxy) is 1. The van der Waals surface area contributed by atoms with Crippen molar-refractivity contribution >= 4 is 11.6 Å². The van der Waals surface area contributed by atoms with Crippen molar-refractivity contribution in [3.05, 3.63) is 71.6 Å². The number of morpholine rings is 1. The number of benzene rings is 2. The third kappa shape index (κ3) is 4.61. The van der Waals surface area contributed by atoms with Gasteiger partial charge in [0, 0.05) is 36.8 Å². The zero-order chi connectivity index (χ0) is 22.1. The normalized spacial score (nSPS) is 21.4. The average molecular weight is 432 g/mol. The van der Waals surface area contributed by atoms with Gasteiger partial charge in [0.2, 0.25) is 5.89 Å². The van der Waals surface area contributed by atoms with Crippen molar-refractivity contribution in [1.29, 1.82) is 0 Å². The number of anilines is 1. The highest BCUT2D eigenvalue weighted by molar-refractivity contribution is 6.04. The molecule has 3 aromatic rings. The number of nitrogens with one attached hydrogen (secondary N) is 1. The summed E-state index contributed by atoms with van der Waals surface area (Å²) in [6, 6.07) is 17.7. The molecular weight excluding hydrogens is 402 g/mol. The number of carbonyl (C=O) groups excluding carboxylic acids is 1. The summed E-state index contributed by atoms with van der Waals surface area (Å²) in [5.41, 5.74) is 3.18. The Bertz CT molecular complexity index is 1080. The highest BCUT2D eigenvalue weighted by Gasteiger charge is 2.34. The van der Waals surface area contributed by atoms with Crippen molar-refractivity contribution in [2.45, 2.75) is 51.4 Å². The van der Waals surface area contributed by atoms with E-state index in [9.17, 15) is 4.79 Å². The summed E-state index contributed by atoms with van der Waals surface area (Å²) >= 11 is 0. The molecule has 2 atom stereocenters. The number of nitrogens with zero attached hydrogens (tertiary/aromatic N) is 2. The fraction of sp³-hybridized carbons (Fsp3) is 0.385. The second kappa shape index (κ2) is 8.88. The van der Waals surface area contributed by atoms with Gasteiger partial charge in [-0.1, -0.05) is 36.4 Å². The highest BCUT2D eigenvalue weighted by atomic mass is 16.5. The smallest absolute Gasteiger partial charge is 0.277 e. The van der Waals surface area contributed by atoms with Crippen molar-refractivity contribution in [3.8, 4) is 11.5 Å². The van der Waals surface area contributed by atoms with Crippen LogP contribution in [0.1, 0.15) is 54.4 Å². The third-order valence-corrected chi connectivity index (χ3v) is 5.99. The molecule has 1 aliphatic heterocycles. The lowest BCUT2D eigenvalue weighted by molar-refractivity contribution is -0.0704. The lowest BCUT2D eigenvalue weighted by atomic mass is 10.1. The van der Waals surface area contributed by atoms with Crippen LogP contribution in [0, 0.1) is 0 Å². The molecule has 2 unspecified atom stereocenters. The van der Waals surface area contributed by atoms with E-state index in [1.54, 1.807) is 0 Å². The summed E-state index contributed by atoms with van der Waals surface area (Å²) in [5.74, 6) is 1.28. The maximum Gasteiger partial charge on any atom is 0.277 e. The standard InChI is InChI=1S/C26H29N3O3/c1-17-14-29(15-18(2)31-17)16-21-10-6-7-11-22(21)27-25(30)23-24(19-12-13-19)32-26(28-23)20-8-4-3-5-9-20/h3-11,17-19H,12-16H2,1-2H3,(H,27,30). The second-order valence-corrected chi connectivity index (χ2v) is 8.93. The summed E-state index contributed by atoms with van der Waals surface area (Å²) in [6.45, 7) is 6.72. The molecule has 32 heavy (non-hydrogen) atoms. The Balaban J connectivity index is 1.37. The van der Waals surface area contributed by atoms with E-state index in [0.717, 1.165) is 49.3 Å². The summed E-state index contributed by atoms with van der Waals surface area (Å²) in [4.78, 5) is 20.3. The molecule has 1 saturated heterocycles. The van der Waals surface area contributed by atoms with Crippen LogP contribution in [0.4, 0.5) is 5.69 Å². The van der Waals surface area contributed by atoms with Crippen LogP contribution in [0.3, 0.4) is 0 Å². The maximum absolute atomic E-state index is 13.3. The van der Waals surface area contributed by atoms with Crippen molar-refractivity contribution in [3.63, 3.8) is 0 Å². The van der Waals surface area contributed by atoms with Gasteiger partial charge in [-0.25, -0.2) is 4.98 Å². The molecule has 5 rings (SSSR count).